The summed E-state index contributed by atoms with van der Waals surface area (Å²) >= 11 is 0. The molecule has 5 aromatic carbocycles. The molecule has 0 amide bonds. The quantitative estimate of drug-likeness (QED) is 0.166. The Bertz CT molecular complexity index is 1600. The smallest absolute Gasteiger partial charge is 0.0719 e. The van der Waals surface area contributed by atoms with Gasteiger partial charge in [-0.3, -0.25) is 0 Å². The lowest BCUT2D eigenvalue weighted by atomic mass is 9.61. The van der Waals surface area contributed by atoms with E-state index >= 15 is 0 Å². The van der Waals surface area contributed by atoms with Crippen molar-refractivity contribution in [3.63, 3.8) is 0 Å². The Kier molecular flexibility index (Phi) is 12.3. The fourth-order valence-corrected chi connectivity index (χ4v) is 6.39. The number of aryl methyl sites for hydroxylation is 4. The Morgan fingerprint density at radius 1 is 0.622 bits per heavy atom. The van der Waals surface area contributed by atoms with Crippen LogP contribution in [0.4, 0.5) is 0 Å². The van der Waals surface area contributed by atoms with E-state index in [2.05, 4.69) is 164 Å². The van der Waals surface area contributed by atoms with Crippen LogP contribution >= 0.6 is 0 Å². The molecule has 2 aliphatic carbocycles. The summed E-state index contributed by atoms with van der Waals surface area (Å²) < 4.78 is 0. The first-order chi connectivity index (χ1) is 21.2. The van der Waals surface area contributed by atoms with Crippen LogP contribution in [0.5, 0.6) is 0 Å². The van der Waals surface area contributed by atoms with Crippen molar-refractivity contribution in [1.82, 2.24) is 0 Å². The number of benzene rings is 5. The van der Waals surface area contributed by atoms with Crippen LogP contribution < -0.4 is 0 Å². The fourth-order valence-electron chi connectivity index (χ4n) is 6.39. The molecule has 0 saturated heterocycles. The largest absolute Gasteiger partial charge is 0.103 e. The third-order valence-corrected chi connectivity index (χ3v) is 8.20. The summed E-state index contributed by atoms with van der Waals surface area (Å²) in [5.41, 5.74) is 16.6. The third kappa shape index (κ3) is 7.39. The predicted octanol–water partition coefficient (Wildman–Crippen LogP) is 12.6. The Labute approximate surface area is 274 Å². The molecule has 0 radical (unpaired) electrons. The van der Waals surface area contributed by atoms with Gasteiger partial charge in [-0.05, 0) is 96.5 Å². The molecule has 0 unspecified atom stereocenters. The minimum Gasteiger partial charge on any atom is -0.103 e. The summed E-state index contributed by atoms with van der Waals surface area (Å²) in [7, 11) is 0. The van der Waals surface area contributed by atoms with Crippen LogP contribution in [0, 0.1) is 26.7 Å². The third-order valence-electron chi connectivity index (χ3n) is 8.20. The lowest BCUT2D eigenvalue weighted by molar-refractivity contribution is 0.720. The van der Waals surface area contributed by atoms with E-state index < -0.39 is 0 Å². The second-order valence-corrected chi connectivity index (χ2v) is 12.8. The standard InChI is InChI=1S/C28H22.C9H12.C4H10.C3H6.CH4/c1-18-11-13-22-23-14-12-19(2)16-27(23)28(26(22)15-18)24-9-5-3-7-20(24)17-21-8-4-6-10-25(21)28;1-3-9-6-4-8(2)5-7-9;1-4(2)3;1-3-2;/h3-16H,17H2,1-2H3;4-7H,3H2,1-2H3;4H,1-3H3;3H,1H2,2H3;1H4. The zero-order chi connectivity index (χ0) is 31.9. The molecule has 0 aliphatic heterocycles. The number of hydrogen-bond donors (Lipinski definition) is 0. The molecule has 0 aromatic heterocycles. The number of hydrogen-bond acceptors (Lipinski definition) is 0. The van der Waals surface area contributed by atoms with E-state index in [9.17, 15) is 0 Å². The van der Waals surface area contributed by atoms with E-state index in [1.165, 1.54) is 66.8 Å². The molecule has 0 saturated carbocycles. The Hall–Kier alpha value is -4.16. The first-order valence-corrected chi connectivity index (χ1v) is 16.2. The zero-order valence-corrected chi connectivity index (χ0v) is 28.2. The molecule has 0 nitrogen and oxygen atoms in total. The highest BCUT2D eigenvalue weighted by Gasteiger charge is 2.49. The Morgan fingerprint density at radius 3 is 1.40 bits per heavy atom. The van der Waals surface area contributed by atoms with Gasteiger partial charge in [-0.25, -0.2) is 0 Å². The van der Waals surface area contributed by atoms with Gasteiger partial charge in [0.25, 0.3) is 0 Å². The molecule has 7 rings (SSSR count). The SMILES string of the molecule is C.C=CC.CC(C)C.CCc1ccc(C)cc1.Cc1ccc2c(c1)C1(c3ccccc3Cc3ccccc31)c1cc(C)ccc1-2. The molecule has 0 atom stereocenters. The van der Waals surface area contributed by atoms with Crippen molar-refractivity contribution in [2.45, 2.75) is 81.1 Å². The summed E-state index contributed by atoms with van der Waals surface area (Å²) in [5, 5.41) is 0. The lowest BCUT2D eigenvalue weighted by Crippen LogP contribution is -2.34. The molecule has 0 bridgehead atoms. The van der Waals surface area contributed by atoms with Gasteiger partial charge in [0, 0.05) is 0 Å². The van der Waals surface area contributed by atoms with Gasteiger partial charge in [0.2, 0.25) is 0 Å². The van der Waals surface area contributed by atoms with Crippen molar-refractivity contribution in [1.29, 1.82) is 0 Å². The van der Waals surface area contributed by atoms with Crippen LogP contribution in [0.15, 0.2) is 122 Å². The average molecular weight is 595 g/mol. The molecule has 0 heteroatoms. The van der Waals surface area contributed by atoms with Crippen molar-refractivity contribution in [3.8, 4) is 11.1 Å². The first-order valence-electron chi connectivity index (χ1n) is 16.2. The Morgan fingerprint density at radius 2 is 1.00 bits per heavy atom. The van der Waals surface area contributed by atoms with Crippen LogP contribution in [0.2, 0.25) is 0 Å². The molecule has 0 fully saturated rings. The number of rotatable bonds is 1. The summed E-state index contributed by atoms with van der Waals surface area (Å²) in [6, 6.07) is 40.8. The summed E-state index contributed by atoms with van der Waals surface area (Å²) in [6.45, 7) is 20.5. The monoisotopic (exact) mass is 594 g/mol. The zero-order valence-electron chi connectivity index (χ0n) is 28.2. The molecule has 45 heavy (non-hydrogen) atoms. The molecule has 0 N–H and O–H groups in total. The second kappa shape index (κ2) is 15.7. The van der Waals surface area contributed by atoms with E-state index in [4.69, 9.17) is 0 Å². The van der Waals surface area contributed by atoms with Crippen LogP contribution in [-0.2, 0) is 18.3 Å². The second-order valence-electron chi connectivity index (χ2n) is 12.8. The predicted molar refractivity (Wildman–Crippen MR) is 200 cm³/mol. The van der Waals surface area contributed by atoms with E-state index in [1.54, 1.807) is 6.08 Å². The number of fused-ring (bicyclic) bond motifs is 9. The maximum atomic E-state index is 3.36. The van der Waals surface area contributed by atoms with Crippen LogP contribution in [0.3, 0.4) is 0 Å². The van der Waals surface area contributed by atoms with Crippen molar-refractivity contribution in [3.05, 3.63) is 177 Å². The normalized spacial score (nSPS) is 12.3. The summed E-state index contributed by atoms with van der Waals surface area (Å²) in [4.78, 5) is 0. The summed E-state index contributed by atoms with van der Waals surface area (Å²) in [6.07, 6.45) is 3.90. The molecule has 0 heterocycles. The van der Waals surface area contributed by atoms with Crippen molar-refractivity contribution in [2.24, 2.45) is 5.92 Å². The molecule has 1 spiro atoms. The maximum absolute atomic E-state index is 3.36. The minimum atomic E-state index is -0.214. The average Bonchev–Trinajstić information content (AvgIpc) is 3.27. The van der Waals surface area contributed by atoms with Gasteiger partial charge in [0.15, 0.2) is 0 Å². The molecular formula is C45H54. The van der Waals surface area contributed by atoms with E-state index in [0.717, 1.165) is 18.8 Å². The molecule has 234 valence electrons. The topological polar surface area (TPSA) is 0 Å². The van der Waals surface area contributed by atoms with Gasteiger partial charge >= 0.3 is 0 Å². The van der Waals surface area contributed by atoms with Gasteiger partial charge in [-0.1, -0.05) is 167 Å². The van der Waals surface area contributed by atoms with Crippen molar-refractivity contribution < 1.29 is 0 Å². The van der Waals surface area contributed by atoms with Crippen LogP contribution in [0.1, 0.15) is 97.7 Å². The van der Waals surface area contributed by atoms with Gasteiger partial charge in [0.05, 0.1) is 5.41 Å². The van der Waals surface area contributed by atoms with E-state index in [-0.39, 0.29) is 12.8 Å². The molecular weight excluding hydrogens is 540 g/mol. The maximum Gasteiger partial charge on any atom is 0.0719 e. The van der Waals surface area contributed by atoms with Crippen LogP contribution in [0.25, 0.3) is 11.1 Å². The highest BCUT2D eigenvalue weighted by atomic mass is 14.5. The summed E-state index contributed by atoms with van der Waals surface area (Å²) in [5.74, 6) is 0.833. The van der Waals surface area contributed by atoms with Crippen LogP contribution in [-0.4, -0.2) is 0 Å². The first kappa shape index (κ1) is 35.3. The highest BCUT2D eigenvalue weighted by molar-refractivity contribution is 5.88. The van der Waals surface area contributed by atoms with Gasteiger partial charge < -0.3 is 0 Å². The highest BCUT2D eigenvalue weighted by Crippen LogP contribution is 2.59. The lowest BCUT2D eigenvalue weighted by Gasteiger charge is -2.40. The number of allylic oxidation sites excluding steroid dienone is 1. The minimum absolute atomic E-state index is 0. The fraction of sp³-hybridized carbons (Fsp3) is 0.289. The van der Waals surface area contributed by atoms with Gasteiger partial charge in [-0.2, -0.15) is 0 Å². The van der Waals surface area contributed by atoms with E-state index in [1.807, 2.05) is 6.92 Å². The molecule has 5 aromatic rings. The molecule has 2 aliphatic rings. The van der Waals surface area contributed by atoms with Gasteiger partial charge in [-0.15, -0.1) is 6.58 Å². The van der Waals surface area contributed by atoms with E-state index in [0.29, 0.717) is 0 Å². The van der Waals surface area contributed by atoms with Crippen molar-refractivity contribution >= 4 is 0 Å². The van der Waals surface area contributed by atoms with Crippen molar-refractivity contribution in [2.75, 3.05) is 0 Å². The Balaban J connectivity index is 0.000000272. The van der Waals surface area contributed by atoms with Gasteiger partial charge in [0.1, 0.15) is 0 Å².